The molecule has 2 aliphatic rings. The van der Waals surface area contributed by atoms with E-state index in [1.54, 1.807) is 18.1 Å². The number of likely N-dealkylation sites (tertiary alicyclic amines) is 1. The molecule has 2 fully saturated rings. The molecule has 4 rings (SSSR count). The van der Waals surface area contributed by atoms with Crippen molar-refractivity contribution in [3.8, 4) is 0 Å². The number of halogens is 1. The highest BCUT2D eigenvalue weighted by molar-refractivity contribution is 7.21. The lowest BCUT2D eigenvalue weighted by atomic mass is 9.94. The van der Waals surface area contributed by atoms with Crippen molar-refractivity contribution >= 4 is 33.2 Å². The normalized spacial score (nSPS) is 22.8. The van der Waals surface area contributed by atoms with Gasteiger partial charge in [0.05, 0.1) is 23.7 Å². The van der Waals surface area contributed by atoms with E-state index in [2.05, 4.69) is 0 Å². The fourth-order valence-corrected chi connectivity index (χ4v) is 5.90. The smallest absolute Gasteiger partial charge is 0.264 e. The van der Waals surface area contributed by atoms with Crippen LogP contribution in [0.3, 0.4) is 0 Å². The number of nitrogens with zero attached hydrogens (tertiary/aromatic N) is 2. The minimum absolute atomic E-state index is 0.0435. The van der Waals surface area contributed by atoms with Crippen LogP contribution in [-0.2, 0) is 20.9 Å². The van der Waals surface area contributed by atoms with E-state index in [1.165, 1.54) is 17.4 Å². The van der Waals surface area contributed by atoms with Crippen molar-refractivity contribution < 1.29 is 23.5 Å². The summed E-state index contributed by atoms with van der Waals surface area (Å²) in [6.07, 6.45) is 1.37. The van der Waals surface area contributed by atoms with Crippen molar-refractivity contribution in [2.45, 2.75) is 45.5 Å². The van der Waals surface area contributed by atoms with Gasteiger partial charge in [0.2, 0.25) is 5.91 Å². The molecule has 2 aromatic rings. The molecule has 1 aromatic carbocycles. The number of rotatable bonds is 4. The average molecular weight is 449 g/mol. The summed E-state index contributed by atoms with van der Waals surface area (Å²) in [5.41, 5.74) is 0.611. The largest absolute Gasteiger partial charge is 0.380 e. The third-order valence-corrected chi connectivity index (χ3v) is 7.29. The Balaban J connectivity index is 1.46. The SMILES string of the molecule is COCc1c(C(=O)N2CCC(C(=O)N3CC(C)OC(C)C3)CC2)sc2cccc(F)c12. The van der Waals surface area contributed by atoms with E-state index >= 15 is 0 Å². The highest BCUT2D eigenvalue weighted by Crippen LogP contribution is 2.35. The molecule has 0 bridgehead atoms. The first-order valence-electron chi connectivity index (χ1n) is 10.8. The van der Waals surface area contributed by atoms with Crippen LogP contribution in [0, 0.1) is 11.7 Å². The number of carbonyl (C=O) groups is 2. The number of hydrogen-bond acceptors (Lipinski definition) is 5. The van der Waals surface area contributed by atoms with Crippen LogP contribution in [-0.4, -0.2) is 67.1 Å². The molecule has 3 heterocycles. The van der Waals surface area contributed by atoms with Crippen molar-refractivity contribution in [2.24, 2.45) is 5.92 Å². The Bertz CT molecular complexity index is 960. The standard InChI is InChI=1S/C23H29FN2O4S/c1-14-11-26(12-15(2)30-14)22(27)16-7-9-25(10-8-16)23(28)21-17(13-29-3)20-18(24)5-4-6-19(20)31-21/h4-6,14-16H,7-13H2,1-3H3. The molecule has 2 amide bonds. The minimum Gasteiger partial charge on any atom is -0.380 e. The van der Waals surface area contributed by atoms with E-state index in [4.69, 9.17) is 9.47 Å². The van der Waals surface area contributed by atoms with Gasteiger partial charge < -0.3 is 19.3 Å². The van der Waals surface area contributed by atoms with Gasteiger partial charge in [-0.05, 0) is 38.8 Å². The molecule has 6 nitrogen and oxygen atoms in total. The number of fused-ring (bicyclic) bond motifs is 1. The van der Waals surface area contributed by atoms with Crippen LogP contribution in [0.25, 0.3) is 10.1 Å². The molecular weight excluding hydrogens is 419 g/mol. The van der Waals surface area contributed by atoms with Gasteiger partial charge in [0.15, 0.2) is 0 Å². The molecule has 0 spiro atoms. The summed E-state index contributed by atoms with van der Waals surface area (Å²) in [4.78, 5) is 30.5. The Labute approximate surface area is 185 Å². The molecule has 2 aliphatic heterocycles. The Morgan fingerprint density at radius 3 is 2.48 bits per heavy atom. The van der Waals surface area contributed by atoms with Crippen molar-refractivity contribution in [3.63, 3.8) is 0 Å². The van der Waals surface area contributed by atoms with Crippen LogP contribution >= 0.6 is 11.3 Å². The van der Waals surface area contributed by atoms with Gasteiger partial charge in [0.1, 0.15) is 5.82 Å². The topological polar surface area (TPSA) is 59.1 Å². The van der Waals surface area contributed by atoms with Gasteiger partial charge >= 0.3 is 0 Å². The van der Waals surface area contributed by atoms with Gasteiger partial charge in [-0.2, -0.15) is 0 Å². The van der Waals surface area contributed by atoms with Crippen LogP contribution in [0.5, 0.6) is 0 Å². The van der Waals surface area contributed by atoms with E-state index in [0.29, 0.717) is 54.8 Å². The number of piperidine rings is 1. The van der Waals surface area contributed by atoms with Gasteiger partial charge in [-0.3, -0.25) is 9.59 Å². The van der Waals surface area contributed by atoms with Gasteiger partial charge in [0, 0.05) is 54.9 Å². The van der Waals surface area contributed by atoms with Gasteiger partial charge in [-0.1, -0.05) is 6.07 Å². The number of methoxy groups -OCH3 is 1. The van der Waals surface area contributed by atoms with E-state index in [9.17, 15) is 14.0 Å². The fourth-order valence-electron chi connectivity index (χ4n) is 4.71. The first-order chi connectivity index (χ1) is 14.9. The Kier molecular flexibility index (Phi) is 6.60. The second kappa shape index (κ2) is 9.22. The first kappa shape index (κ1) is 22.2. The molecule has 2 atom stereocenters. The first-order valence-corrected chi connectivity index (χ1v) is 11.6. The second-order valence-corrected chi connectivity index (χ2v) is 9.57. The minimum atomic E-state index is -0.335. The van der Waals surface area contributed by atoms with Crippen molar-refractivity contribution in [1.29, 1.82) is 0 Å². The van der Waals surface area contributed by atoms with Crippen LogP contribution in [0.1, 0.15) is 41.9 Å². The molecule has 31 heavy (non-hydrogen) atoms. The zero-order chi connectivity index (χ0) is 22.1. The van der Waals surface area contributed by atoms with Gasteiger partial charge in [-0.15, -0.1) is 11.3 Å². The van der Waals surface area contributed by atoms with Crippen molar-refractivity contribution in [2.75, 3.05) is 33.3 Å². The summed E-state index contributed by atoms with van der Waals surface area (Å²) in [5.74, 6) is -0.344. The third kappa shape index (κ3) is 4.47. The van der Waals surface area contributed by atoms with Crippen LogP contribution in [0.2, 0.25) is 0 Å². The monoisotopic (exact) mass is 448 g/mol. The summed E-state index contributed by atoms with van der Waals surface area (Å²) in [5, 5.41) is 0.471. The van der Waals surface area contributed by atoms with Gasteiger partial charge in [-0.25, -0.2) is 4.39 Å². The second-order valence-electron chi connectivity index (χ2n) is 8.52. The van der Waals surface area contributed by atoms with Crippen LogP contribution in [0.4, 0.5) is 4.39 Å². The zero-order valence-electron chi connectivity index (χ0n) is 18.2. The average Bonchev–Trinajstić information content (AvgIpc) is 3.12. The molecule has 0 aliphatic carbocycles. The van der Waals surface area contributed by atoms with E-state index in [-0.39, 0.29) is 42.4 Å². The van der Waals surface area contributed by atoms with E-state index in [1.807, 2.05) is 24.8 Å². The molecule has 8 heteroatoms. The Morgan fingerprint density at radius 1 is 1.16 bits per heavy atom. The van der Waals surface area contributed by atoms with E-state index < -0.39 is 0 Å². The van der Waals surface area contributed by atoms with Crippen molar-refractivity contribution in [3.05, 3.63) is 34.5 Å². The number of hydrogen-bond donors (Lipinski definition) is 0. The number of morpholine rings is 1. The summed E-state index contributed by atoms with van der Waals surface area (Å²) in [7, 11) is 1.54. The highest BCUT2D eigenvalue weighted by Gasteiger charge is 2.34. The van der Waals surface area contributed by atoms with Gasteiger partial charge in [0.25, 0.3) is 5.91 Å². The highest BCUT2D eigenvalue weighted by atomic mass is 32.1. The Morgan fingerprint density at radius 2 is 1.84 bits per heavy atom. The number of benzene rings is 1. The van der Waals surface area contributed by atoms with E-state index in [0.717, 1.165) is 4.70 Å². The molecule has 1 aromatic heterocycles. The summed E-state index contributed by atoms with van der Waals surface area (Å²) in [6, 6.07) is 4.89. The quantitative estimate of drug-likeness (QED) is 0.716. The third-order valence-electron chi connectivity index (χ3n) is 6.11. The molecule has 0 radical (unpaired) electrons. The van der Waals surface area contributed by atoms with Crippen LogP contribution < -0.4 is 0 Å². The summed E-state index contributed by atoms with van der Waals surface area (Å²) < 4.78 is 26.2. The predicted octanol–water partition coefficient (Wildman–Crippen LogP) is 3.67. The Hall–Kier alpha value is -2.03. The lowest BCUT2D eigenvalue weighted by molar-refractivity contribution is -0.148. The van der Waals surface area contributed by atoms with Crippen LogP contribution in [0.15, 0.2) is 18.2 Å². The fraction of sp³-hybridized carbons (Fsp3) is 0.565. The molecule has 0 N–H and O–H groups in total. The molecule has 2 saturated heterocycles. The molecule has 0 saturated carbocycles. The number of thiophene rings is 1. The molecular formula is C23H29FN2O4S. The maximum Gasteiger partial charge on any atom is 0.264 e. The predicted molar refractivity (Wildman–Crippen MR) is 118 cm³/mol. The lowest BCUT2D eigenvalue weighted by Gasteiger charge is -2.39. The maximum atomic E-state index is 14.4. The lowest BCUT2D eigenvalue weighted by Crippen LogP contribution is -2.51. The maximum absolute atomic E-state index is 14.4. The summed E-state index contributed by atoms with van der Waals surface area (Å²) >= 11 is 1.31. The molecule has 2 unspecified atom stereocenters. The number of ether oxygens (including phenoxy) is 2. The molecule has 168 valence electrons. The zero-order valence-corrected chi connectivity index (χ0v) is 19.0. The number of carbonyl (C=O) groups excluding carboxylic acids is 2. The van der Waals surface area contributed by atoms with Crippen molar-refractivity contribution in [1.82, 2.24) is 9.80 Å². The summed E-state index contributed by atoms with van der Waals surface area (Å²) in [6.45, 7) is 6.45. The number of amides is 2.